The molecule has 0 amide bonds. The molecule has 0 spiro atoms. The molecule has 2 rings (SSSR count). The van der Waals surface area contributed by atoms with Crippen LogP contribution in [-0.2, 0) is 6.42 Å². The summed E-state index contributed by atoms with van der Waals surface area (Å²) < 4.78 is 10.5. The van der Waals surface area contributed by atoms with Crippen LogP contribution in [0.5, 0.6) is 11.5 Å². The Hall–Kier alpha value is -2.42. The monoisotopic (exact) mass is 232 g/mol. The molecule has 0 fully saturated rings. The highest BCUT2D eigenvalue weighted by Gasteiger charge is 2.13. The summed E-state index contributed by atoms with van der Waals surface area (Å²) in [7, 11) is 0. The molecule has 3 N–H and O–H groups in total. The number of rotatable bonds is 3. The van der Waals surface area contributed by atoms with E-state index in [-0.39, 0.29) is 12.8 Å². The molecule has 1 aromatic carbocycles. The van der Waals surface area contributed by atoms with Crippen LogP contribution in [0.25, 0.3) is 0 Å². The van der Waals surface area contributed by atoms with Gasteiger partial charge in [-0.25, -0.2) is 4.90 Å². The molecule has 6 nitrogen and oxygen atoms in total. The van der Waals surface area contributed by atoms with Crippen molar-refractivity contribution >= 4 is 5.96 Å². The molecule has 0 radical (unpaired) electrons. The first kappa shape index (κ1) is 11.1. The standard InChI is InChI=1S/C11H12N4O2/c12-6-15(11(13)14)4-3-8-1-2-9-10(5-8)17-7-16-9/h1-2,5H,3-4,7H2,(H3,13,14). The summed E-state index contributed by atoms with van der Waals surface area (Å²) in [4.78, 5) is 1.13. The highest BCUT2D eigenvalue weighted by molar-refractivity contribution is 5.76. The summed E-state index contributed by atoms with van der Waals surface area (Å²) in [6.45, 7) is 0.627. The third-order valence-corrected chi connectivity index (χ3v) is 2.47. The third kappa shape index (κ3) is 2.39. The van der Waals surface area contributed by atoms with Crippen LogP contribution in [0.4, 0.5) is 0 Å². The fraction of sp³-hybridized carbons (Fsp3) is 0.273. The lowest BCUT2D eigenvalue weighted by Crippen LogP contribution is -2.33. The number of benzene rings is 1. The number of hydrogen-bond acceptors (Lipinski definition) is 4. The van der Waals surface area contributed by atoms with Crippen molar-refractivity contribution in [3.63, 3.8) is 0 Å². The number of hydrogen-bond donors (Lipinski definition) is 2. The molecular formula is C11H12N4O2. The average Bonchev–Trinajstić information content (AvgIpc) is 2.76. The zero-order valence-electron chi connectivity index (χ0n) is 9.14. The molecule has 1 aromatic rings. The predicted octanol–water partition coefficient (Wildman–Crippen LogP) is 0.634. The van der Waals surface area contributed by atoms with Gasteiger partial charge >= 0.3 is 0 Å². The summed E-state index contributed by atoms with van der Waals surface area (Å²) in [5.41, 5.74) is 6.25. The Kier molecular flexibility index (Phi) is 3.01. The second kappa shape index (κ2) is 4.61. The van der Waals surface area contributed by atoms with Crippen LogP contribution >= 0.6 is 0 Å². The van der Waals surface area contributed by atoms with E-state index in [4.69, 9.17) is 25.9 Å². The minimum atomic E-state index is -0.242. The molecular weight excluding hydrogens is 220 g/mol. The van der Waals surface area contributed by atoms with Crippen LogP contribution in [0.15, 0.2) is 18.2 Å². The van der Waals surface area contributed by atoms with Gasteiger partial charge in [0.2, 0.25) is 12.8 Å². The Labute approximate surface area is 98.7 Å². The molecule has 88 valence electrons. The van der Waals surface area contributed by atoms with Crippen molar-refractivity contribution in [1.29, 1.82) is 10.7 Å². The summed E-state index contributed by atoms with van der Waals surface area (Å²) in [6, 6.07) is 5.61. The maximum atomic E-state index is 8.74. The molecule has 17 heavy (non-hydrogen) atoms. The van der Waals surface area contributed by atoms with Crippen LogP contribution < -0.4 is 15.2 Å². The number of nitrogens with one attached hydrogen (secondary N) is 1. The largest absolute Gasteiger partial charge is 0.454 e. The molecule has 1 aliphatic rings. The van der Waals surface area contributed by atoms with E-state index >= 15 is 0 Å². The Morgan fingerprint density at radius 3 is 2.94 bits per heavy atom. The van der Waals surface area contributed by atoms with Crippen LogP contribution in [-0.4, -0.2) is 24.2 Å². The first-order valence-corrected chi connectivity index (χ1v) is 5.10. The number of nitriles is 1. The zero-order chi connectivity index (χ0) is 12.3. The van der Waals surface area contributed by atoms with E-state index in [0.29, 0.717) is 18.7 Å². The van der Waals surface area contributed by atoms with Gasteiger partial charge in [0.15, 0.2) is 17.7 Å². The first-order chi connectivity index (χ1) is 8.20. The predicted molar refractivity (Wildman–Crippen MR) is 60.5 cm³/mol. The van der Waals surface area contributed by atoms with Crippen molar-refractivity contribution in [2.24, 2.45) is 5.73 Å². The summed E-state index contributed by atoms with van der Waals surface area (Å²) in [6.07, 6.45) is 2.47. The van der Waals surface area contributed by atoms with Crippen molar-refractivity contribution in [3.05, 3.63) is 23.8 Å². The SMILES string of the molecule is N#CN(CCc1ccc2c(c1)OCO2)C(=N)N. The minimum Gasteiger partial charge on any atom is -0.454 e. The number of fused-ring (bicyclic) bond motifs is 1. The van der Waals surface area contributed by atoms with Crippen LogP contribution in [0.1, 0.15) is 5.56 Å². The molecule has 1 heterocycles. The lowest BCUT2D eigenvalue weighted by atomic mass is 10.1. The van der Waals surface area contributed by atoms with E-state index in [1.54, 1.807) is 0 Å². The Morgan fingerprint density at radius 1 is 1.47 bits per heavy atom. The van der Waals surface area contributed by atoms with E-state index < -0.39 is 0 Å². The number of guanidine groups is 1. The summed E-state index contributed by atoms with van der Waals surface area (Å²) in [5.74, 6) is 1.21. The fourth-order valence-electron chi connectivity index (χ4n) is 1.56. The molecule has 0 aromatic heterocycles. The number of nitrogens with zero attached hydrogens (tertiary/aromatic N) is 2. The lowest BCUT2D eigenvalue weighted by Gasteiger charge is -2.12. The van der Waals surface area contributed by atoms with E-state index in [2.05, 4.69) is 0 Å². The second-order valence-corrected chi connectivity index (χ2v) is 3.57. The molecule has 0 bridgehead atoms. The van der Waals surface area contributed by atoms with Gasteiger partial charge in [0.05, 0.1) is 0 Å². The van der Waals surface area contributed by atoms with Crippen molar-refractivity contribution in [1.82, 2.24) is 4.90 Å². The molecule has 0 saturated carbocycles. The van der Waals surface area contributed by atoms with Crippen molar-refractivity contribution in [2.75, 3.05) is 13.3 Å². The van der Waals surface area contributed by atoms with Gasteiger partial charge in [-0.3, -0.25) is 5.41 Å². The van der Waals surface area contributed by atoms with E-state index in [0.717, 1.165) is 16.2 Å². The third-order valence-electron chi connectivity index (χ3n) is 2.47. The van der Waals surface area contributed by atoms with Gasteiger partial charge in [0.25, 0.3) is 0 Å². The first-order valence-electron chi connectivity index (χ1n) is 5.10. The molecule has 0 unspecified atom stereocenters. The molecule has 0 atom stereocenters. The van der Waals surface area contributed by atoms with Crippen molar-refractivity contribution in [3.8, 4) is 17.7 Å². The van der Waals surface area contributed by atoms with Crippen molar-refractivity contribution in [2.45, 2.75) is 6.42 Å². The molecule has 1 aliphatic heterocycles. The van der Waals surface area contributed by atoms with Gasteiger partial charge in [-0.1, -0.05) is 6.07 Å². The second-order valence-electron chi connectivity index (χ2n) is 3.57. The van der Waals surface area contributed by atoms with Gasteiger partial charge < -0.3 is 15.2 Å². The van der Waals surface area contributed by atoms with E-state index in [1.165, 1.54) is 0 Å². The highest BCUT2D eigenvalue weighted by atomic mass is 16.7. The highest BCUT2D eigenvalue weighted by Crippen LogP contribution is 2.32. The molecule has 6 heteroatoms. The summed E-state index contributed by atoms with van der Waals surface area (Å²) >= 11 is 0. The van der Waals surface area contributed by atoms with Crippen LogP contribution in [0, 0.1) is 16.9 Å². The zero-order valence-corrected chi connectivity index (χ0v) is 9.14. The fourth-order valence-corrected chi connectivity index (χ4v) is 1.56. The van der Waals surface area contributed by atoms with Gasteiger partial charge in [-0.05, 0) is 24.1 Å². The smallest absolute Gasteiger partial charge is 0.231 e. The molecule has 0 saturated heterocycles. The van der Waals surface area contributed by atoms with Crippen LogP contribution in [0.2, 0.25) is 0 Å². The minimum absolute atomic E-state index is 0.242. The lowest BCUT2D eigenvalue weighted by molar-refractivity contribution is 0.174. The normalized spacial score (nSPS) is 11.9. The summed E-state index contributed by atoms with van der Waals surface area (Å²) in [5, 5.41) is 15.9. The Balaban J connectivity index is 2.00. The number of ether oxygens (including phenoxy) is 2. The molecule has 0 aliphatic carbocycles. The quantitative estimate of drug-likeness (QED) is 0.345. The van der Waals surface area contributed by atoms with Gasteiger partial charge in [-0.2, -0.15) is 5.26 Å². The topological polar surface area (TPSA) is 95.4 Å². The maximum absolute atomic E-state index is 8.74. The Bertz CT molecular complexity index is 481. The average molecular weight is 232 g/mol. The van der Waals surface area contributed by atoms with E-state index in [1.807, 2.05) is 24.4 Å². The van der Waals surface area contributed by atoms with E-state index in [9.17, 15) is 0 Å². The maximum Gasteiger partial charge on any atom is 0.231 e. The van der Waals surface area contributed by atoms with Crippen LogP contribution in [0.3, 0.4) is 0 Å². The van der Waals surface area contributed by atoms with Gasteiger partial charge in [0.1, 0.15) is 0 Å². The Morgan fingerprint density at radius 2 is 2.24 bits per heavy atom. The van der Waals surface area contributed by atoms with Gasteiger partial charge in [0, 0.05) is 6.54 Å². The van der Waals surface area contributed by atoms with Gasteiger partial charge in [-0.15, -0.1) is 0 Å². The number of nitrogens with two attached hydrogens (primary N) is 1. The van der Waals surface area contributed by atoms with Crippen molar-refractivity contribution < 1.29 is 9.47 Å².